The first-order valence-corrected chi connectivity index (χ1v) is 9.19. The van der Waals surface area contributed by atoms with Gasteiger partial charge in [-0.2, -0.15) is 0 Å². The number of anilines is 1. The van der Waals surface area contributed by atoms with E-state index in [4.69, 9.17) is 0 Å². The van der Waals surface area contributed by atoms with Gasteiger partial charge in [0.1, 0.15) is 17.0 Å². The van der Waals surface area contributed by atoms with Gasteiger partial charge in [-0.25, -0.2) is 9.97 Å². The van der Waals surface area contributed by atoms with Gasteiger partial charge in [-0.05, 0) is 43.6 Å². The van der Waals surface area contributed by atoms with E-state index in [1.165, 1.54) is 22.2 Å². The fraction of sp³-hybridized carbons (Fsp3) is 0.588. The number of carbonyl (C=O) groups is 1. The van der Waals surface area contributed by atoms with Crippen LogP contribution in [0, 0.1) is 5.92 Å². The number of fused-ring (bicyclic) bond motifs is 3. The number of rotatable bonds is 4. The van der Waals surface area contributed by atoms with Gasteiger partial charge in [-0.1, -0.05) is 6.92 Å². The predicted octanol–water partition coefficient (Wildman–Crippen LogP) is 2.53. The molecule has 0 radical (unpaired) electrons. The third kappa shape index (κ3) is 2.92. The summed E-state index contributed by atoms with van der Waals surface area (Å²) in [6.07, 6.45) is 7.31. The lowest BCUT2D eigenvalue weighted by atomic mass is 9.89. The molecule has 2 aliphatic carbocycles. The number of nitrogens with zero attached hydrogens (tertiary/aromatic N) is 3. The first kappa shape index (κ1) is 14.9. The van der Waals surface area contributed by atoms with Gasteiger partial charge in [0.2, 0.25) is 5.91 Å². The lowest BCUT2D eigenvalue weighted by Gasteiger charge is -2.21. The second kappa shape index (κ2) is 5.74. The molecule has 0 aromatic carbocycles. The predicted molar refractivity (Wildman–Crippen MR) is 93.0 cm³/mol. The van der Waals surface area contributed by atoms with Gasteiger partial charge in [-0.15, -0.1) is 11.3 Å². The number of hydrogen-bond acceptors (Lipinski definition) is 5. The summed E-state index contributed by atoms with van der Waals surface area (Å²) in [6, 6.07) is 0.400. The van der Waals surface area contributed by atoms with E-state index >= 15 is 0 Å². The summed E-state index contributed by atoms with van der Waals surface area (Å²) in [5.74, 6) is 1.72. The Hall–Kier alpha value is -1.69. The van der Waals surface area contributed by atoms with Crippen molar-refractivity contribution in [3.63, 3.8) is 0 Å². The molecular formula is C17H22N4OS. The number of hydrogen-bond donors (Lipinski definition) is 1. The summed E-state index contributed by atoms with van der Waals surface area (Å²) < 4.78 is 0. The van der Waals surface area contributed by atoms with Crippen LogP contribution in [-0.2, 0) is 17.6 Å². The molecule has 2 aromatic rings. The Labute approximate surface area is 140 Å². The average Bonchev–Trinajstić information content (AvgIpc) is 3.24. The van der Waals surface area contributed by atoms with Crippen LogP contribution >= 0.6 is 11.3 Å². The highest BCUT2D eigenvalue weighted by Crippen LogP contribution is 2.40. The van der Waals surface area contributed by atoms with Crippen molar-refractivity contribution in [1.82, 2.24) is 15.3 Å². The molecule has 1 N–H and O–H groups in total. The second-order valence-corrected chi connectivity index (χ2v) is 8.01. The lowest BCUT2D eigenvalue weighted by Crippen LogP contribution is -2.36. The van der Waals surface area contributed by atoms with E-state index in [0.29, 0.717) is 12.6 Å². The minimum atomic E-state index is 0.0829. The van der Waals surface area contributed by atoms with Gasteiger partial charge in [0.25, 0.3) is 0 Å². The van der Waals surface area contributed by atoms with Crippen LogP contribution in [0.25, 0.3) is 10.2 Å². The molecule has 4 rings (SSSR count). The van der Waals surface area contributed by atoms with Gasteiger partial charge in [0.05, 0.1) is 11.9 Å². The molecular weight excluding hydrogens is 308 g/mol. The molecule has 23 heavy (non-hydrogen) atoms. The fourth-order valence-electron chi connectivity index (χ4n) is 3.34. The molecule has 1 saturated carbocycles. The minimum absolute atomic E-state index is 0.0829. The number of amides is 1. The zero-order valence-corrected chi connectivity index (χ0v) is 14.4. The van der Waals surface area contributed by atoms with E-state index in [9.17, 15) is 4.79 Å². The largest absolute Gasteiger partial charge is 0.352 e. The van der Waals surface area contributed by atoms with Gasteiger partial charge >= 0.3 is 0 Å². The molecule has 2 aromatic heterocycles. The van der Waals surface area contributed by atoms with E-state index in [1.54, 1.807) is 17.7 Å². The maximum Gasteiger partial charge on any atom is 0.239 e. The lowest BCUT2D eigenvalue weighted by molar-refractivity contribution is -0.119. The molecule has 5 nitrogen and oxygen atoms in total. The molecule has 1 atom stereocenters. The summed E-state index contributed by atoms with van der Waals surface area (Å²) in [7, 11) is 1.95. The van der Waals surface area contributed by atoms with Crippen molar-refractivity contribution in [3.05, 3.63) is 16.8 Å². The van der Waals surface area contributed by atoms with Crippen LogP contribution in [0.4, 0.5) is 5.82 Å². The molecule has 122 valence electrons. The number of aryl methyl sites for hydroxylation is 1. The SMILES string of the molecule is C[C@@H]1CCc2c(sc3ncnc(N(C)CC(=O)NC4CC4)c23)C1. The van der Waals surface area contributed by atoms with Gasteiger partial charge in [0.15, 0.2) is 0 Å². The van der Waals surface area contributed by atoms with Gasteiger partial charge in [-0.3, -0.25) is 4.79 Å². The molecule has 0 bridgehead atoms. The zero-order chi connectivity index (χ0) is 16.0. The van der Waals surface area contributed by atoms with Crippen LogP contribution < -0.4 is 10.2 Å². The highest BCUT2D eigenvalue weighted by Gasteiger charge is 2.26. The fourth-order valence-corrected chi connectivity index (χ4v) is 4.68. The van der Waals surface area contributed by atoms with Crippen LogP contribution in [0.2, 0.25) is 0 Å². The van der Waals surface area contributed by atoms with Crippen LogP contribution in [0.3, 0.4) is 0 Å². The molecule has 0 aliphatic heterocycles. The first-order valence-electron chi connectivity index (χ1n) is 8.37. The van der Waals surface area contributed by atoms with Crippen LogP contribution in [0.15, 0.2) is 6.33 Å². The smallest absolute Gasteiger partial charge is 0.239 e. The summed E-state index contributed by atoms with van der Waals surface area (Å²) in [6.45, 7) is 2.66. The molecule has 0 saturated heterocycles. The number of aromatic nitrogens is 2. The molecule has 2 aliphatic rings. The Morgan fingerprint density at radius 1 is 1.39 bits per heavy atom. The van der Waals surface area contributed by atoms with E-state index in [1.807, 2.05) is 11.9 Å². The highest BCUT2D eigenvalue weighted by molar-refractivity contribution is 7.19. The summed E-state index contributed by atoms with van der Waals surface area (Å²) in [5, 5.41) is 4.21. The van der Waals surface area contributed by atoms with Crippen LogP contribution in [0.5, 0.6) is 0 Å². The topological polar surface area (TPSA) is 58.1 Å². The average molecular weight is 330 g/mol. The summed E-state index contributed by atoms with van der Waals surface area (Å²) >= 11 is 1.80. The van der Waals surface area contributed by atoms with Crippen molar-refractivity contribution in [3.8, 4) is 0 Å². The monoisotopic (exact) mass is 330 g/mol. The third-order valence-corrected chi connectivity index (χ3v) is 5.92. The summed E-state index contributed by atoms with van der Waals surface area (Å²) in [4.78, 5) is 25.5. The van der Waals surface area contributed by atoms with Crippen molar-refractivity contribution >= 4 is 33.3 Å². The Bertz CT molecular complexity index is 752. The molecule has 6 heteroatoms. The maximum absolute atomic E-state index is 12.1. The van der Waals surface area contributed by atoms with E-state index in [-0.39, 0.29) is 5.91 Å². The van der Waals surface area contributed by atoms with Crippen LogP contribution in [0.1, 0.15) is 36.6 Å². The van der Waals surface area contributed by atoms with E-state index in [2.05, 4.69) is 22.2 Å². The van der Waals surface area contributed by atoms with E-state index in [0.717, 1.165) is 42.2 Å². The van der Waals surface area contributed by atoms with Crippen molar-refractivity contribution in [2.24, 2.45) is 5.92 Å². The normalized spacial score (nSPS) is 20.3. The highest BCUT2D eigenvalue weighted by atomic mass is 32.1. The molecule has 0 spiro atoms. The Morgan fingerprint density at radius 2 is 2.22 bits per heavy atom. The van der Waals surface area contributed by atoms with Gasteiger partial charge < -0.3 is 10.2 Å². The maximum atomic E-state index is 12.1. The quantitative estimate of drug-likeness (QED) is 0.936. The summed E-state index contributed by atoms with van der Waals surface area (Å²) in [5.41, 5.74) is 1.41. The zero-order valence-electron chi connectivity index (χ0n) is 13.6. The number of carbonyl (C=O) groups excluding carboxylic acids is 1. The number of thiophene rings is 1. The van der Waals surface area contributed by atoms with Crippen LogP contribution in [-0.4, -0.2) is 35.5 Å². The molecule has 0 unspecified atom stereocenters. The van der Waals surface area contributed by atoms with Crippen molar-refractivity contribution in [1.29, 1.82) is 0 Å². The van der Waals surface area contributed by atoms with Gasteiger partial charge in [0, 0.05) is 18.0 Å². The number of nitrogens with one attached hydrogen (secondary N) is 1. The second-order valence-electron chi connectivity index (χ2n) is 6.93. The van der Waals surface area contributed by atoms with E-state index < -0.39 is 0 Å². The first-order chi connectivity index (χ1) is 11.1. The van der Waals surface area contributed by atoms with Crippen molar-refractivity contribution in [2.75, 3.05) is 18.5 Å². The van der Waals surface area contributed by atoms with Crippen molar-refractivity contribution in [2.45, 2.75) is 45.1 Å². The molecule has 1 amide bonds. The Balaban J connectivity index is 1.64. The Morgan fingerprint density at radius 3 is 3.00 bits per heavy atom. The third-order valence-electron chi connectivity index (χ3n) is 4.76. The van der Waals surface area contributed by atoms with Crippen molar-refractivity contribution < 1.29 is 4.79 Å². The number of likely N-dealkylation sites (N-methyl/N-ethyl adjacent to an activating group) is 1. The standard InChI is InChI=1S/C17H22N4OS/c1-10-3-6-12-13(7-10)23-17-15(12)16(18-9-19-17)21(2)8-14(22)20-11-4-5-11/h9-11H,3-8H2,1-2H3,(H,20,22)/t10-/m1/s1. The minimum Gasteiger partial charge on any atom is -0.352 e. The molecule has 2 heterocycles. The Kier molecular flexibility index (Phi) is 3.71. The molecule has 1 fully saturated rings.